The van der Waals surface area contributed by atoms with Crippen molar-refractivity contribution < 1.29 is 28.9 Å². The fourth-order valence-corrected chi connectivity index (χ4v) is 6.37. The number of anilines is 1. The summed E-state index contributed by atoms with van der Waals surface area (Å²) >= 11 is 2.48. The molecule has 2 amide bonds. The van der Waals surface area contributed by atoms with Gasteiger partial charge in [0.1, 0.15) is 47.2 Å². The first-order valence-corrected chi connectivity index (χ1v) is 13.1. The van der Waals surface area contributed by atoms with Gasteiger partial charge in [0.25, 0.3) is 11.8 Å². The van der Waals surface area contributed by atoms with Crippen molar-refractivity contribution in [3.63, 3.8) is 0 Å². The van der Waals surface area contributed by atoms with Crippen molar-refractivity contribution in [2.24, 2.45) is 5.16 Å². The Balaban J connectivity index is 1.38. The fraction of sp³-hybridized carbons (Fsp3) is 0.261. The van der Waals surface area contributed by atoms with Crippen LogP contribution in [0.5, 0.6) is 0 Å². The zero-order valence-corrected chi connectivity index (χ0v) is 21.7. The highest BCUT2D eigenvalue weighted by Crippen LogP contribution is 2.40. The monoisotopic (exact) mass is 553 g/mol. The molecule has 38 heavy (non-hydrogen) atoms. The van der Waals surface area contributed by atoms with Gasteiger partial charge in [0.2, 0.25) is 5.69 Å². The van der Waals surface area contributed by atoms with Crippen molar-refractivity contribution in [2.45, 2.75) is 24.9 Å². The van der Waals surface area contributed by atoms with E-state index < -0.39 is 29.2 Å². The molecule has 1 saturated heterocycles. The lowest BCUT2D eigenvalue weighted by molar-refractivity contribution is -0.694. The molecule has 0 spiro atoms. The Hall–Kier alpha value is -4.42. The molecule has 4 N–H and O–H groups in total. The third-order valence-corrected chi connectivity index (χ3v) is 8.30. The number of carboxylic acid groups (broad SMARTS) is 1. The van der Waals surface area contributed by atoms with Crippen LogP contribution in [0.25, 0.3) is 5.52 Å². The quantitative estimate of drug-likeness (QED) is 0.160. The summed E-state index contributed by atoms with van der Waals surface area (Å²) in [7, 11) is 1.28. The van der Waals surface area contributed by atoms with Gasteiger partial charge in [-0.1, -0.05) is 5.16 Å². The van der Waals surface area contributed by atoms with Gasteiger partial charge in [-0.05, 0) is 12.1 Å². The number of nitriles is 1. The third kappa shape index (κ3) is 4.13. The number of β-lactam (4-membered cyclic amide) rings is 1. The predicted molar refractivity (Wildman–Crippen MR) is 137 cm³/mol. The minimum Gasteiger partial charge on any atom is -0.477 e. The molecule has 5 rings (SSSR count). The normalized spacial score (nSPS) is 19.1. The summed E-state index contributed by atoms with van der Waals surface area (Å²) in [5.74, 6) is -2.11. The number of thioether (sulfide) groups is 1. The van der Waals surface area contributed by atoms with Crippen LogP contribution in [0.2, 0.25) is 0 Å². The van der Waals surface area contributed by atoms with E-state index in [1.807, 2.05) is 17.6 Å². The Labute approximate surface area is 223 Å². The highest BCUT2D eigenvalue weighted by molar-refractivity contribution is 8.00. The Bertz CT molecular complexity index is 1600. The number of carbonyl (C=O) groups is 3. The van der Waals surface area contributed by atoms with E-state index in [1.54, 1.807) is 28.2 Å². The number of aromatic nitrogens is 3. The number of nitrogens with one attached hydrogen (secondary N) is 1. The lowest BCUT2D eigenvalue weighted by Crippen LogP contribution is -2.71. The molecule has 2 aliphatic rings. The van der Waals surface area contributed by atoms with Gasteiger partial charge in [-0.15, -0.1) is 23.1 Å². The number of amides is 2. The zero-order chi connectivity index (χ0) is 27.1. The van der Waals surface area contributed by atoms with Crippen LogP contribution in [-0.2, 0) is 25.8 Å². The van der Waals surface area contributed by atoms with Gasteiger partial charge in [0.15, 0.2) is 23.6 Å². The number of carbonyl (C=O) groups excluding carboxylic acids is 2. The van der Waals surface area contributed by atoms with Crippen LogP contribution in [0, 0.1) is 18.3 Å². The van der Waals surface area contributed by atoms with Gasteiger partial charge < -0.3 is 21.0 Å². The molecule has 3 aromatic rings. The van der Waals surface area contributed by atoms with Gasteiger partial charge in [0.05, 0.1) is 6.20 Å². The van der Waals surface area contributed by atoms with Crippen LogP contribution in [0.1, 0.15) is 17.1 Å². The zero-order valence-electron chi connectivity index (χ0n) is 20.1. The summed E-state index contributed by atoms with van der Waals surface area (Å²) in [6, 6.07) is 4.73. The van der Waals surface area contributed by atoms with Crippen molar-refractivity contribution >= 4 is 57.2 Å². The number of aryl methyl sites for hydroxylation is 1. The summed E-state index contributed by atoms with van der Waals surface area (Å²) < 4.78 is 3.64. The maximum absolute atomic E-state index is 13.1. The molecule has 0 radical (unpaired) electrons. The van der Waals surface area contributed by atoms with E-state index in [0.717, 1.165) is 22.5 Å². The molecule has 194 valence electrons. The van der Waals surface area contributed by atoms with E-state index >= 15 is 0 Å². The number of aliphatic carboxylic acids is 1. The molecule has 3 aromatic heterocycles. The number of nitrogens with zero attached hydrogens (tertiary/aromatic N) is 6. The molecule has 5 heterocycles. The highest BCUT2D eigenvalue weighted by Gasteiger charge is 2.55. The van der Waals surface area contributed by atoms with Crippen LogP contribution in [-0.4, -0.2) is 67.2 Å². The summed E-state index contributed by atoms with van der Waals surface area (Å²) in [6.07, 6.45) is 3.52. The molecule has 0 bridgehead atoms. The standard InChI is InChI=1S/C23H20N8O5S2/c1-11-15-4-3-13(7-24)30(15)6-5-29(11)8-12-9-37-21-17(20(33)31(21)18(12)22(34)35)27-19(32)16(28-36-2)14-10-38-23(25)26-14/h3-6,10,17,21H,8-9H2,1-2H3,(H3-,25,26,27,32,34,35)/p+1/t17-,21+/m1/s1. The van der Waals surface area contributed by atoms with Crippen LogP contribution >= 0.6 is 23.1 Å². The highest BCUT2D eigenvalue weighted by atomic mass is 32.2. The minimum absolute atomic E-state index is 0.0952. The molecule has 2 atom stereocenters. The maximum atomic E-state index is 13.1. The number of hydrogen-bond acceptors (Lipinski definition) is 10. The van der Waals surface area contributed by atoms with E-state index in [9.17, 15) is 24.8 Å². The van der Waals surface area contributed by atoms with Crippen LogP contribution in [0.15, 0.2) is 46.3 Å². The van der Waals surface area contributed by atoms with Crippen LogP contribution in [0.4, 0.5) is 5.13 Å². The van der Waals surface area contributed by atoms with Gasteiger partial charge in [-0.3, -0.25) is 18.9 Å². The molecule has 0 aromatic carbocycles. The average Bonchev–Trinajstić information content (AvgIpc) is 3.52. The second kappa shape index (κ2) is 9.80. The summed E-state index contributed by atoms with van der Waals surface area (Å²) in [4.78, 5) is 48.3. The first-order valence-electron chi connectivity index (χ1n) is 11.2. The SMILES string of the molecule is CON=C(C(=O)N[C@@H]1C(=O)N2C(C(=O)O)=C(C[n+]3ccn4c(C#N)ccc4c3C)CS[C@@H]12)c1csc(N)n1. The maximum Gasteiger partial charge on any atom is 0.352 e. The summed E-state index contributed by atoms with van der Waals surface area (Å²) in [5.41, 5.74) is 8.33. The second-order valence-electron chi connectivity index (χ2n) is 8.41. The number of thiazole rings is 1. The number of oxime groups is 1. The smallest absolute Gasteiger partial charge is 0.352 e. The molecule has 0 saturated carbocycles. The number of nitrogen functional groups attached to an aromatic ring is 1. The topological polar surface area (TPSA) is 179 Å². The molecule has 0 unspecified atom stereocenters. The van der Waals surface area contributed by atoms with Crippen molar-refractivity contribution in [1.82, 2.24) is 19.6 Å². The molecule has 2 aliphatic heterocycles. The Morgan fingerprint density at radius 1 is 1.45 bits per heavy atom. The number of nitrogens with two attached hydrogens (primary N) is 1. The van der Waals surface area contributed by atoms with Crippen molar-refractivity contribution in [3.8, 4) is 6.07 Å². The number of hydrogen-bond donors (Lipinski definition) is 3. The molecule has 15 heteroatoms. The van der Waals surface area contributed by atoms with Crippen LogP contribution < -0.4 is 15.6 Å². The molecule has 13 nitrogen and oxygen atoms in total. The van der Waals surface area contributed by atoms with Crippen molar-refractivity contribution in [1.29, 1.82) is 5.26 Å². The van der Waals surface area contributed by atoms with Gasteiger partial charge >= 0.3 is 5.97 Å². The Morgan fingerprint density at radius 2 is 2.24 bits per heavy atom. The van der Waals surface area contributed by atoms with Crippen LogP contribution in [0.3, 0.4) is 0 Å². The Kier molecular flexibility index (Phi) is 6.51. The van der Waals surface area contributed by atoms with Crippen molar-refractivity contribution in [2.75, 3.05) is 18.6 Å². The molecular formula is C23H21N8O5S2+. The average molecular weight is 554 g/mol. The summed E-state index contributed by atoms with van der Waals surface area (Å²) in [6.45, 7) is 2.12. The largest absolute Gasteiger partial charge is 0.477 e. The van der Waals surface area contributed by atoms with Gasteiger partial charge in [-0.2, -0.15) is 9.83 Å². The molecular weight excluding hydrogens is 532 g/mol. The van der Waals surface area contributed by atoms with Gasteiger partial charge in [0, 0.05) is 23.6 Å². The second-order valence-corrected chi connectivity index (χ2v) is 10.4. The van der Waals surface area contributed by atoms with E-state index in [4.69, 9.17) is 10.6 Å². The first kappa shape index (κ1) is 25.2. The van der Waals surface area contributed by atoms with E-state index in [1.165, 1.54) is 23.8 Å². The van der Waals surface area contributed by atoms with E-state index in [0.29, 0.717) is 17.0 Å². The fourth-order valence-electron chi connectivity index (χ4n) is 4.48. The first-order chi connectivity index (χ1) is 18.2. The predicted octanol–water partition coefficient (Wildman–Crippen LogP) is 0.235. The van der Waals surface area contributed by atoms with Gasteiger partial charge in [-0.25, -0.2) is 9.78 Å². The van der Waals surface area contributed by atoms with Crippen molar-refractivity contribution in [3.05, 3.63) is 58.3 Å². The number of carboxylic acids is 1. The van der Waals surface area contributed by atoms with E-state index in [-0.39, 0.29) is 28.8 Å². The third-order valence-electron chi connectivity index (χ3n) is 6.29. The molecule has 1 fully saturated rings. The lowest BCUT2D eigenvalue weighted by atomic mass is 10.0. The lowest BCUT2D eigenvalue weighted by Gasteiger charge is -2.49. The Morgan fingerprint density at radius 3 is 2.89 bits per heavy atom. The number of rotatable bonds is 7. The van der Waals surface area contributed by atoms with E-state index in [2.05, 4.69) is 21.5 Å². The molecule has 0 aliphatic carbocycles. The summed E-state index contributed by atoms with van der Waals surface area (Å²) in [5, 5.41) is 26.9. The number of fused-ring (bicyclic) bond motifs is 2. The minimum atomic E-state index is -1.23.